The van der Waals surface area contributed by atoms with Gasteiger partial charge in [-0.3, -0.25) is 19.0 Å². The van der Waals surface area contributed by atoms with Crippen molar-refractivity contribution < 1.29 is 29.0 Å². The van der Waals surface area contributed by atoms with E-state index in [1.165, 1.54) is 36.9 Å². The zero-order valence-electron chi connectivity index (χ0n) is 19.3. The molecule has 2 aliphatic rings. The Morgan fingerprint density at radius 1 is 0.833 bits per heavy atom. The van der Waals surface area contributed by atoms with Crippen LogP contribution in [-0.4, -0.2) is 95.9 Å². The van der Waals surface area contributed by atoms with Crippen LogP contribution in [0.2, 0.25) is 0 Å². The van der Waals surface area contributed by atoms with Crippen molar-refractivity contribution in [2.75, 3.05) is 41.3 Å². The van der Waals surface area contributed by atoms with Crippen LogP contribution in [0.5, 0.6) is 0 Å². The molecule has 0 aromatic heterocycles. The lowest BCUT2D eigenvalue weighted by Crippen LogP contribution is -2.29. The first-order valence-electron chi connectivity index (χ1n) is 9.95. The highest BCUT2D eigenvalue weighted by Gasteiger charge is 2.28. The standard InChI is InChI=1S/C8H6O4.2C7H15N2/c9-7(10)5-3-1-2-4-6(5)8(11)12;2*1-6-5-8(3)7(2)9(6)4/h1-4H,(H,9,10)(H,11,12);2*6H,5H2,1-4H3/q;2*+1/p-2. The minimum Gasteiger partial charge on any atom is -0.545 e. The van der Waals surface area contributed by atoms with Crippen molar-refractivity contribution in [1.82, 2.24) is 9.80 Å². The second-order valence-corrected chi connectivity index (χ2v) is 7.90. The summed E-state index contributed by atoms with van der Waals surface area (Å²) in [5.41, 5.74) is -0.727. The van der Waals surface area contributed by atoms with Crippen molar-refractivity contribution in [3.63, 3.8) is 0 Å². The number of amidine groups is 2. The molecule has 0 aliphatic carbocycles. The Bertz CT molecular complexity index is 778. The van der Waals surface area contributed by atoms with Crippen molar-refractivity contribution >= 4 is 23.6 Å². The summed E-state index contributed by atoms with van der Waals surface area (Å²) >= 11 is 0. The number of likely N-dealkylation sites (N-methyl/N-ethyl adjacent to an activating group) is 4. The summed E-state index contributed by atoms with van der Waals surface area (Å²) in [5.74, 6) is -0.283. The normalized spacial score (nSPS) is 20.5. The van der Waals surface area contributed by atoms with Gasteiger partial charge in [0.1, 0.15) is 25.2 Å². The van der Waals surface area contributed by atoms with Crippen LogP contribution >= 0.6 is 0 Å². The van der Waals surface area contributed by atoms with E-state index in [1.54, 1.807) is 0 Å². The van der Waals surface area contributed by atoms with Gasteiger partial charge in [0, 0.05) is 25.0 Å². The van der Waals surface area contributed by atoms with E-state index in [2.05, 4.69) is 74.8 Å². The number of nitrogens with zero attached hydrogens (tertiary/aromatic N) is 4. The summed E-state index contributed by atoms with van der Waals surface area (Å²) in [7, 11) is 8.55. The first-order valence-corrected chi connectivity index (χ1v) is 9.95. The van der Waals surface area contributed by atoms with Gasteiger partial charge in [-0.25, -0.2) is 0 Å². The molecule has 0 saturated heterocycles. The maximum absolute atomic E-state index is 10.3. The van der Waals surface area contributed by atoms with Crippen molar-refractivity contribution in [1.29, 1.82) is 0 Å². The van der Waals surface area contributed by atoms with Gasteiger partial charge in [0.15, 0.2) is 0 Å². The van der Waals surface area contributed by atoms with Gasteiger partial charge in [-0.1, -0.05) is 24.3 Å². The fourth-order valence-corrected chi connectivity index (χ4v) is 3.32. The topological polar surface area (TPSA) is 92.8 Å². The van der Waals surface area contributed by atoms with Crippen LogP contribution < -0.4 is 10.2 Å². The molecule has 1 aromatic carbocycles. The molecule has 2 heterocycles. The second kappa shape index (κ2) is 10.8. The van der Waals surface area contributed by atoms with E-state index in [1.807, 2.05) is 0 Å². The van der Waals surface area contributed by atoms with E-state index in [0.29, 0.717) is 12.1 Å². The highest BCUT2D eigenvalue weighted by molar-refractivity contribution is 5.99. The minimum atomic E-state index is -1.52. The molecular weight excluding hydrogens is 384 g/mol. The Morgan fingerprint density at radius 3 is 1.27 bits per heavy atom. The highest BCUT2D eigenvalue weighted by atomic mass is 16.4. The predicted octanol–water partition coefficient (Wildman–Crippen LogP) is -0.824. The third-order valence-corrected chi connectivity index (χ3v) is 5.89. The van der Waals surface area contributed by atoms with E-state index in [9.17, 15) is 19.8 Å². The number of hydrogen-bond acceptors (Lipinski definition) is 6. The molecule has 0 saturated carbocycles. The lowest BCUT2D eigenvalue weighted by Gasteiger charge is -2.09. The molecule has 0 fully saturated rings. The number of rotatable bonds is 2. The van der Waals surface area contributed by atoms with Gasteiger partial charge in [0.25, 0.3) is 0 Å². The van der Waals surface area contributed by atoms with Gasteiger partial charge < -0.3 is 19.8 Å². The SMILES string of the molecule is CC1=[N+](C)CC(C)N1C.CC1=[N+](C)CC(C)N1C.O=C([O-])c1ccccc1C(=O)[O-]. The zero-order valence-corrected chi connectivity index (χ0v) is 19.3. The van der Waals surface area contributed by atoms with Crippen LogP contribution in [0, 0.1) is 0 Å². The Kier molecular flexibility index (Phi) is 9.01. The molecule has 0 radical (unpaired) electrons. The van der Waals surface area contributed by atoms with Gasteiger partial charge in [0.05, 0.1) is 40.1 Å². The molecule has 3 rings (SSSR count). The molecule has 0 amide bonds. The first-order chi connectivity index (χ1) is 13.9. The summed E-state index contributed by atoms with van der Waals surface area (Å²) in [6, 6.07) is 6.51. The zero-order chi connectivity index (χ0) is 23.2. The van der Waals surface area contributed by atoms with Gasteiger partial charge in [-0.05, 0) is 13.8 Å². The minimum absolute atomic E-state index is 0.363. The predicted molar refractivity (Wildman–Crippen MR) is 113 cm³/mol. The van der Waals surface area contributed by atoms with Crippen molar-refractivity contribution in [3.05, 3.63) is 35.4 Å². The van der Waals surface area contributed by atoms with E-state index in [4.69, 9.17) is 0 Å². The van der Waals surface area contributed by atoms with Gasteiger partial charge >= 0.3 is 0 Å². The molecule has 8 nitrogen and oxygen atoms in total. The lowest BCUT2D eigenvalue weighted by molar-refractivity contribution is -0.490. The fraction of sp³-hybridized carbons (Fsp3) is 0.545. The smallest absolute Gasteiger partial charge is 0.243 e. The van der Waals surface area contributed by atoms with Gasteiger partial charge in [0.2, 0.25) is 11.7 Å². The highest BCUT2D eigenvalue weighted by Crippen LogP contribution is 2.06. The number of carboxylic acid groups (broad SMARTS) is 2. The molecule has 0 bridgehead atoms. The molecule has 2 aliphatic heterocycles. The van der Waals surface area contributed by atoms with Crippen LogP contribution in [0.4, 0.5) is 0 Å². The summed E-state index contributed by atoms with van der Waals surface area (Å²) < 4.78 is 4.56. The average Bonchev–Trinajstić information content (AvgIpc) is 3.05. The van der Waals surface area contributed by atoms with Crippen LogP contribution in [0.25, 0.3) is 0 Å². The van der Waals surface area contributed by atoms with Gasteiger partial charge in [-0.2, -0.15) is 0 Å². The Hall–Kier alpha value is -2.90. The summed E-state index contributed by atoms with van der Waals surface area (Å²) in [5, 5.41) is 20.6. The van der Waals surface area contributed by atoms with Crippen molar-refractivity contribution in [2.24, 2.45) is 0 Å². The third kappa shape index (κ3) is 6.30. The molecule has 166 valence electrons. The number of aromatic carboxylic acids is 2. The summed E-state index contributed by atoms with van der Waals surface area (Å²) in [6.45, 7) is 11.1. The van der Waals surface area contributed by atoms with E-state index >= 15 is 0 Å². The maximum Gasteiger partial charge on any atom is 0.243 e. The lowest BCUT2D eigenvalue weighted by atomic mass is 10.1. The molecule has 0 N–H and O–H groups in total. The van der Waals surface area contributed by atoms with Crippen molar-refractivity contribution in [2.45, 2.75) is 39.8 Å². The van der Waals surface area contributed by atoms with Crippen LogP contribution in [0.15, 0.2) is 24.3 Å². The monoisotopic (exact) mass is 418 g/mol. The van der Waals surface area contributed by atoms with Crippen LogP contribution in [0.3, 0.4) is 0 Å². The molecule has 8 heteroatoms. The number of hydrogen-bond donors (Lipinski definition) is 0. The summed E-state index contributed by atoms with van der Waals surface area (Å²) in [4.78, 5) is 25.3. The second-order valence-electron chi connectivity index (χ2n) is 7.90. The number of benzene rings is 1. The third-order valence-electron chi connectivity index (χ3n) is 5.89. The number of carbonyl (C=O) groups excluding carboxylic acids is 2. The molecular formula is C22H34N4O4. The van der Waals surface area contributed by atoms with Crippen molar-refractivity contribution in [3.8, 4) is 0 Å². The van der Waals surface area contributed by atoms with Gasteiger partial charge in [-0.15, -0.1) is 0 Å². The summed E-state index contributed by atoms with van der Waals surface area (Å²) in [6.07, 6.45) is 0. The van der Waals surface area contributed by atoms with Crippen LogP contribution in [0.1, 0.15) is 48.4 Å². The Labute approximate surface area is 179 Å². The van der Waals surface area contributed by atoms with E-state index in [0.717, 1.165) is 12.1 Å². The molecule has 30 heavy (non-hydrogen) atoms. The molecule has 2 unspecified atom stereocenters. The van der Waals surface area contributed by atoms with Crippen LogP contribution in [-0.2, 0) is 0 Å². The number of carbonyl (C=O) groups is 2. The number of carboxylic acids is 2. The molecule has 2 atom stereocenters. The van der Waals surface area contributed by atoms with E-state index < -0.39 is 11.9 Å². The fourth-order valence-electron chi connectivity index (χ4n) is 3.32. The van der Waals surface area contributed by atoms with E-state index in [-0.39, 0.29) is 11.1 Å². The first kappa shape index (κ1) is 25.1. The Balaban J connectivity index is 0.000000229. The quantitative estimate of drug-likeness (QED) is 0.583. The maximum atomic E-state index is 10.3. The molecule has 1 aromatic rings. The average molecular weight is 419 g/mol. The largest absolute Gasteiger partial charge is 0.545 e. The molecule has 0 spiro atoms. The Morgan fingerprint density at radius 2 is 1.13 bits per heavy atom.